The highest BCUT2D eigenvalue weighted by atomic mass is 16.5. The molecule has 0 aliphatic heterocycles. The lowest BCUT2D eigenvalue weighted by Gasteiger charge is -2.16. The normalized spacial score (nSPS) is 14.8. The number of hydrogen-bond donors (Lipinski definition) is 2. The first kappa shape index (κ1) is 14.2. The highest BCUT2D eigenvalue weighted by Crippen LogP contribution is 2.15. The Hall–Kier alpha value is -0.910. The van der Waals surface area contributed by atoms with Crippen molar-refractivity contribution in [3.8, 4) is 0 Å². The molecule has 1 aromatic rings. The summed E-state index contributed by atoms with van der Waals surface area (Å²) in [6, 6.07) is 0.304. The summed E-state index contributed by atoms with van der Waals surface area (Å²) in [5, 5.41) is 17.1. The molecule has 2 atom stereocenters. The summed E-state index contributed by atoms with van der Waals surface area (Å²) in [6.45, 7) is 3.31. The zero-order valence-corrected chi connectivity index (χ0v) is 10.9. The molecule has 0 aromatic carbocycles. The van der Waals surface area contributed by atoms with E-state index in [1.807, 2.05) is 19.4 Å². The molecule has 17 heavy (non-hydrogen) atoms. The van der Waals surface area contributed by atoms with E-state index < -0.39 is 0 Å². The van der Waals surface area contributed by atoms with Crippen LogP contribution < -0.4 is 5.32 Å². The largest absolute Gasteiger partial charge is 0.391 e. The number of aromatic nitrogens is 2. The third-order valence-corrected chi connectivity index (χ3v) is 2.76. The molecule has 5 heteroatoms. The number of nitrogens with zero attached hydrogens (tertiary/aromatic N) is 2. The Morgan fingerprint density at radius 1 is 1.59 bits per heavy atom. The van der Waals surface area contributed by atoms with Crippen molar-refractivity contribution in [1.82, 2.24) is 15.1 Å². The highest BCUT2D eigenvalue weighted by molar-refractivity contribution is 5.09. The predicted molar refractivity (Wildman–Crippen MR) is 66.7 cm³/mol. The van der Waals surface area contributed by atoms with Gasteiger partial charge in [-0.2, -0.15) is 5.10 Å². The van der Waals surface area contributed by atoms with Gasteiger partial charge in [-0.25, -0.2) is 0 Å². The first-order valence-electron chi connectivity index (χ1n) is 6.06. The van der Waals surface area contributed by atoms with Crippen molar-refractivity contribution in [3.63, 3.8) is 0 Å². The first-order chi connectivity index (χ1) is 8.17. The lowest BCUT2D eigenvalue weighted by molar-refractivity contribution is 0.0589. The number of ether oxygens (including phenoxy) is 1. The molecule has 1 rings (SSSR count). The molecule has 98 valence electrons. The van der Waals surface area contributed by atoms with Gasteiger partial charge in [0.25, 0.3) is 0 Å². The Morgan fingerprint density at radius 2 is 2.35 bits per heavy atom. The van der Waals surface area contributed by atoms with E-state index >= 15 is 0 Å². The third kappa shape index (κ3) is 4.85. The van der Waals surface area contributed by atoms with Crippen molar-refractivity contribution in [2.45, 2.75) is 31.9 Å². The summed E-state index contributed by atoms with van der Waals surface area (Å²) < 4.78 is 6.69. The van der Waals surface area contributed by atoms with Crippen LogP contribution in [0.1, 0.15) is 31.4 Å². The van der Waals surface area contributed by atoms with E-state index in [1.54, 1.807) is 11.8 Å². The van der Waals surface area contributed by atoms with E-state index in [0.717, 1.165) is 13.0 Å². The molecule has 0 spiro atoms. The van der Waals surface area contributed by atoms with E-state index in [9.17, 15) is 5.11 Å². The Kier molecular flexibility index (Phi) is 6.18. The Bertz CT molecular complexity index is 314. The molecule has 1 aromatic heterocycles. The van der Waals surface area contributed by atoms with E-state index in [1.165, 1.54) is 5.56 Å². The second kappa shape index (κ2) is 7.42. The molecule has 0 saturated carbocycles. The standard InChI is InChI=1S/C12H23N3O2/c1-4-12(10-7-14-15(2)8-10)13-6-5-11(16)9-17-3/h7-8,11-13,16H,4-6,9H2,1-3H3. The molecule has 0 bridgehead atoms. The SMILES string of the molecule is CCC(NCCC(O)COC)c1cnn(C)c1. The fourth-order valence-corrected chi connectivity index (χ4v) is 1.82. The van der Waals surface area contributed by atoms with E-state index in [2.05, 4.69) is 17.3 Å². The molecule has 0 fully saturated rings. The maximum Gasteiger partial charge on any atom is 0.0785 e. The minimum atomic E-state index is -0.390. The fraction of sp³-hybridized carbons (Fsp3) is 0.750. The van der Waals surface area contributed by atoms with Crippen LogP contribution in [-0.2, 0) is 11.8 Å². The van der Waals surface area contributed by atoms with Crippen LogP contribution >= 0.6 is 0 Å². The molecular weight excluding hydrogens is 218 g/mol. The maximum absolute atomic E-state index is 9.53. The van der Waals surface area contributed by atoms with Gasteiger partial charge in [-0.05, 0) is 19.4 Å². The Labute approximate surface area is 103 Å². The van der Waals surface area contributed by atoms with Gasteiger partial charge in [0.1, 0.15) is 0 Å². The van der Waals surface area contributed by atoms with Crippen LogP contribution in [0.4, 0.5) is 0 Å². The maximum atomic E-state index is 9.53. The topological polar surface area (TPSA) is 59.3 Å². The molecule has 2 unspecified atom stereocenters. The quantitative estimate of drug-likeness (QED) is 0.708. The lowest BCUT2D eigenvalue weighted by atomic mass is 10.1. The van der Waals surface area contributed by atoms with Gasteiger partial charge in [0, 0.05) is 32.0 Å². The van der Waals surface area contributed by atoms with Gasteiger partial charge in [0.15, 0.2) is 0 Å². The van der Waals surface area contributed by atoms with Gasteiger partial charge in [0.2, 0.25) is 0 Å². The van der Waals surface area contributed by atoms with Crippen molar-refractivity contribution in [2.24, 2.45) is 7.05 Å². The van der Waals surface area contributed by atoms with Gasteiger partial charge in [-0.15, -0.1) is 0 Å². The minimum absolute atomic E-state index is 0.304. The van der Waals surface area contributed by atoms with Crippen molar-refractivity contribution in [1.29, 1.82) is 0 Å². The summed E-state index contributed by atoms with van der Waals surface area (Å²) in [5.74, 6) is 0. The number of rotatable bonds is 8. The Balaban J connectivity index is 2.33. The summed E-state index contributed by atoms with van der Waals surface area (Å²) in [6.07, 6.45) is 5.22. The van der Waals surface area contributed by atoms with Crippen LogP contribution in [0, 0.1) is 0 Å². The summed E-state index contributed by atoms with van der Waals surface area (Å²) in [4.78, 5) is 0. The highest BCUT2D eigenvalue weighted by Gasteiger charge is 2.11. The van der Waals surface area contributed by atoms with Crippen LogP contribution in [-0.4, -0.2) is 41.3 Å². The van der Waals surface area contributed by atoms with Gasteiger partial charge in [-0.1, -0.05) is 6.92 Å². The monoisotopic (exact) mass is 241 g/mol. The van der Waals surface area contributed by atoms with Gasteiger partial charge in [-0.3, -0.25) is 4.68 Å². The number of methoxy groups -OCH3 is 1. The number of hydrogen-bond acceptors (Lipinski definition) is 4. The molecule has 0 aliphatic carbocycles. The smallest absolute Gasteiger partial charge is 0.0785 e. The molecule has 0 saturated heterocycles. The van der Waals surface area contributed by atoms with Crippen molar-refractivity contribution in [3.05, 3.63) is 18.0 Å². The first-order valence-corrected chi connectivity index (χ1v) is 6.06. The van der Waals surface area contributed by atoms with Crippen molar-refractivity contribution in [2.75, 3.05) is 20.3 Å². The predicted octanol–water partition coefficient (Wildman–Crippen LogP) is 0.858. The second-order valence-corrected chi connectivity index (χ2v) is 4.26. The molecule has 0 amide bonds. The number of nitrogens with one attached hydrogen (secondary N) is 1. The Morgan fingerprint density at radius 3 is 2.88 bits per heavy atom. The minimum Gasteiger partial charge on any atom is -0.391 e. The molecular formula is C12H23N3O2. The number of aliphatic hydroxyl groups excluding tert-OH is 1. The van der Waals surface area contributed by atoms with Crippen molar-refractivity contribution < 1.29 is 9.84 Å². The average Bonchev–Trinajstić information content (AvgIpc) is 2.71. The molecule has 5 nitrogen and oxygen atoms in total. The van der Waals surface area contributed by atoms with Crippen LogP contribution in [0.5, 0.6) is 0 Å². The zero-order valence-electron chi connectivity index (χ0n) is 10.9. The van der Waals surface area contributed by atoms with Crippen LogP contribution in [0.3, 0.4) is 0 Å². The van der Waals surface area contributed by atoms with Crippen LogP contribution in [0.2, 0.25) is 0 Å². The summed E-state index contributed by atoms with van der Waals surface area (Å²) in [5.41, 5.74) is 1.19. The fourth-order valence-electron chi connectivity index (χ4n) is 1.82. The van der Waals surface area contributed by atoms with E-state index in [4.69, 9.17) is 4.74 Å². The lowest BCUT2D eigenvalue weighted by Crippen LogP contribution is -2.26. The third-order valence-electron chi connectivity index (χ3n) is 2.76. The summed E-state index contributed by atoms with van der Waals surface area (Å²) >= 11 is 0. The molecule has 2 N–H and O–H groups in total. The van der Waals surface area contributed by atoms with Crippen LogP contribution in [0.25, 0.3) is 0 Å². The van der Waals surface area contributed by atoms with E-state index in [0.29, 0.717) is 19.1 Å². The molecule has 1 heterocycles. The van der Waals surface area contributed by atoms with E-state index in [-0.39, 0.29) is 6.10 Å². The average molecular weight is 241 g/mol. The van der Waals surface area contributed by atoms with Gasteiger partial charge < -0.3 is 15.2 Å². The second-order valence-electron chi connectivity index (χ2n) is 4.26. The van der Waals surface area contributed by atoms with Gasteiger partial charge >= 0.3 is 0 Å². The molecule has 0 aliphatic rings. The van der Waals surface area contributed by atoms with Gasteiger partial charge in [0.05, 0.1) is 18.9 Å². The molecule has 0 radical (unpaired) electrons. The van der Waals surface area contributed by atoms with Crippen molar-refractivity contribution >= 4 is 0 Å². The van der Waals surface area contributed by atoms with Crippen LogP contribution in [0.15, 0.2) is 12.4 Å². The zero-order chi connectivity index (χ0) is 12.7. The summed E-state index contributed by atoms with van der Waals surface area (Å²) in [7, 11) is 3.51. The number of aryl methyl sites for hydroxylation is 1. The number of aliphatic hydroxyl groups is 1.